The van der Waals surface area contributed by atoms with E-state index in [4.69, 9.17) is 14.0 Å². The van der Waals surface area contributed by atoms with Gasteiger partial charge in [0.15, 0.2) is 11.5 Å². The van der Waals surface area contributed by atoms with Crippen molar-refractivity contribution >= 4 is 17.7 Å². The number of nitrogens with zero attached hydrogens (tertiary/aromatic N) is 2. The normalized spacial score (nSPS) is 15.7. The molecule has 1 unspecified atom stereocenters. The molecule has 0 radical (unpaired) electrons. The molecule has 2 heterocycles. The number of aromatic nitrogens is 1. The maximum absolute atomic E-state index is 12.7. The summed E-state index contributed by atoms with van der Waals surface area (Å²) in [7, 11) is 1.60. The highest BCUT2D eigenvalue weighted by molar-refractivity contribution is 5.92. The summed E-state index contributed by atoms with van der Waals surface area (Å²) in [6.45, 7) is 5.53. The van der Waals surface area contributed by atoms with E-state index < -0.39 is 0 Å². The van der Waals surface area contributed by atoms with Crippen LogP contribution in [0, 0.1) is 13.8 Å². The third-order valence-corrected chi connectivity index (χ3v) is 5.80. The van der Waals surface area contributed by atoms with Crippen LogP contribution in [0.5, 0.6) is 11.5 Å². The van der Waals surface area contributed by atoms with Crippen molar-refractivity contribution in [3.05, 3.63) is 77.2 Å². The molecule has 1 N–H and O–H groups in total. The van der Waals surface area contributed by atoms with Crippen LogP contribution in [0.3, 0.4) is 0 Å². The van der Waals surface area contributed by atoms with Gasteiger partial charge in [-0.15, -0.1) is 0 Å². The van der Waals surface area contributed by atoms with Crippen molar-refractivity contribution in [1.82, 2.24) is 10.1 Å². The molecular formula is C26H29N3O4. The van der Waals surface area contributed by atoms with Gasteiger partial charge >= 0.3 is 0 Å². The summed E-state index contributed by atoms with van der Waals surface area (Å²) in [5.74, 6) is 1.97. The highest BCUT2D eigenvalue weighted by atomic mass is 16.5. The van der Waals surface area contributed by atoms with Crippen LogP contribution < -0.4 is 14.8 Å². The first kappa shape index (κ1) is 22.5. The molecule has 1 amide bonds. The van der Waals surface area contributed by atoms with Crippen molar-refractivity contribution in [3.8, 4) is 11.5 Å². The van der Waals surface area contributed by atoms with Crippen LogP contribution in [0.2, 0.25) is 0 Å². The molecule has 172 valence electrons. The number of ether oxygens (including phenoxy) is 2. The Kier molecular flexibility index (Phi) is 6.98. The predicted octanol–water partition coefficient (Wildman–Crippen LogP) is 4.61. The first-order chi connectivity index (χ1) is 16.0. The largest absolute Gasteiger partial charge is 0.493 e. The van der Waals surface area contributed by atoms with Gasteiger partial charge in [0.2, 0.25) is 5.91 Å². The first-order valence-corrected chi connectivity index (χ1v) is 11.0. The fourth-order valence-corrected chi connectivity index (χ4v) is 3.89. The number of hydrogen-bond donors (Lipinski definition) is 1. The summed E-state index contributed by atoms with van der Waals surface area (Å²) in [5.41, 5.74) is 3.68. The van der Waals surface area contributed by atoms with Crippen molar-refractivity contribution < 1.29 is 18.8 Å². The first-order valence-electron chi connectivity index (χ1n) is 11.0. The number of benzene rings is 2. The topological polar surface area (TPSA) is 76.8 Å². The monoisotopic (exact) mass is 447 g/mol. The van der Waals surface area contributed by atoms with E-state index in [1.165, 1.54) is 0 Å². The Morgan fingerprint density at radius 3 is 2.76 bits per heavy atom. The lowest BCUT2D eigenvalue weighted by atomic mass is 10.1. The summed E-state index contributed by atoms with van der Waals surface area (Å²) in [4.78, 5) is 14.5. The molecule has 3 aromatic rings. The highest BCUT2D eigenvalue weighted by Gasteiger charge is 2.24. The third kappa shape index (κ3) is 5.55. The molecule has 1 aliphatic heterocycles. The number of para-hydroxylation sites is 1. The Morgan fingerprint density at radius 2 is 2.03 bits per heavy atom. The molecule has 1 saturated heterocycles. The summed E-state index contributed by atoms with van der Waals surface area (Å²) >= 11 is 0. The molecule has 0 saturated carbocycles. The van der Waals surface area contributed by atoms with Gasteiger partial charge in [-0.2, -0.15) is 0 Å². The Bertz CT molecular complexity index is 1100. The Labute approximate surface area is 194 Å². The number of nitrogens with one attached hydrogen (secondary N) is 1. The van der Waals surface area contributed by atoms with Crippen molar-refractivity contribution in [2.45, 2.75) is 32.9 Å². The van der Waals surface area contributed by atoms with Gasteiger partial charge < -0.3 is 24.2 Å². The molecule has 33 heavy (non-hydrogen) atoms. The third-order valence-electron chi connectivity index (χ3n) is 5.80. The molecular weight excluding hydrogens is 418 g/mol. The van der Waals surface area contributed by atoms with Gasteiger partial charge in [-0.05, 0) is 56.2 Å². The molecule has 0 aliphatic carbocycles. The van der Waals surface area contributed by atoms with E-state index in [0.717, 1.165) is 41.2 Å². The maximum Gasteiger partial charge on any atom is 0.246 e. The minimum absolute atomic E-state index is 0.00469. The van der Waals surface area contributed by atoms with E-state index in [-0.39, 0.29) is 11.9 Å². The Balaban J connectivity index is 1.34. The quantitative estimate of drug-likeness (QED) is 0.509. The zero-order valence-corrected chi connectivity index (χ0v) is 19.2. The minimum Gasteiger partial charge on any atom is -0.493 e. The van der Waals surface area contributed by atoms with Gasteiger partial charge in [0, 0.05) is 30.9 Å². The van der Waals surface area contributed by atoms with E-state index in [9.17, 15) is 4.79 Å². The van der Waals surface area contributed by atoms with Crippen LogP contribution in [-0.4, -0.2) is 42.2 Å². The highest BCUT2D eigenvalue weighted by Crippen LogP contribution is 2.30. The van der Waals surface area contributed by atoms with Crippen LogP contribution in [0.15, 0.2) is 59.1 Å². The number of amides is 1. The van der Waals surface area contributed by atoms with Crippen molar-refractivity contribution in [2.24, 2.45) is 0 Å². The van der Waals surface area contributed by atoms with Gasteiger partial charge in [0.1, 0.15) is 12.4 Å². The van der Waals surface area contributed by atoms with Crippen LogP contribution >= 0.6 is 0 Å². The molecule has 0 spiro atoms. The van der Waals surface area contributed by atoms with Crippen LogP contribution in [-0.2, 0) is 11.4 Å². The summed E-state index contributed by atoms with van der Waals surface area (Å²) in [5, 5.41) is 7.44. The lowest BCUT2D eigenvalue weighted by molar-refractivity contribution is -0.124. The molecule has 7 heteroatoms. The van der Waals surface area contributed by atoms with Crippen molar-refractivity contribution in [3.63, 3.8) is 0 Å². The average molecular weight is 448 g/mol. The summed E-state index contributed by atoms with van der Waals surface area (Å²) in [6.07, 6.45) is 4.35. The molecule has 1 atom stereocenters. The van der Waals surface area contributed by atoms with Crippen LogP contribution in [0.4, 0.5) is 5.69 Å². The van der Waals surface area contributed by atoms with E-state index in [0.29, 0.717) is 24.7 Å². The molecule has 7 nitrogen and oxygen atoms in total. The lowest BCUT2D eigenvalue weighted by Crippen LogP contribution is -2.30. The number of hydrogen-bond acceptors (Lipinski definition) is 6. The number of carbonyl (C=O) groups is 1. The number of anilines is 1. The Morgan fingerprint density at radius 1 is 1.21 bits per heavy atom. The average Bonchev–Trinajstić information content (AvgIpc) is 3.43. The number of methoxy groups -OCH3 is 1. The second-order valence-corrected chi connectivity index (χ2v) is 8.12. The number of aryl methyl sites for hydroxylation is 2. The second-order valence-electron chi connectivity index (χ2n) is 8.12. The molecule has 0 bridgehead atoms. The van der Waals surface area contributed by atoms with Crippen LogP contribution in [0.1, 0.15) is 29.0 Å². The fraction of sp³-hybridized carbons (Fsp3) is 0.308. The van der Waals surface area contributed by atoms with Gasteiger partial charge in [0.25, 0.3) is 0 Å². The molecule has 4 rings (SSSR count). The van der Waals surface area contributed by atoms with E-state index in [1.807, 2.05) is 67.3 Å². The SMILES string of the molecule is COc1cc(/C=C/C(=O)N2CCC(Nc3ccccc3)C2)ccc1OCc1c(C)noc1C. The summed E-state index contributed by atoms with van der Waals surface area (Å²) < 4.78 is 16.6. The second kappa shape index (κ2) is 10.3. The standard InChI is InChI=1S/C26H29N3O4/c1-18-23(19(2)33-28-18)17-32-24-11-9-20(15-25(24)31-3)10-12-26(30)29-14-13-22(16-29)27-21-7-5-4-6-8-21/h4-12,15,22,27H,13-14,16-17H2,1-3H3/b12-10+. The van der Waals surface area contributed by atoms with Gasteiger partial charge in [0.05, 0.1) is 18.4 Å². The van der Waals surface area contributed by atoms with E-state index in [2.05, 4.69) is 10.5 Å². The van der Waals surface area contributed by atoms with Crippen LogP contribution in [0.25, 0.3) is 6.08 Å². The number of rotatable bonds is 8. The number of carbonyl (C=O) groups excluding carboxylic acids is 1. The van der Waals surface area contributed by atoms with E-state index in [1.54, 1.807) is 19.3 Å². The van der Waals surface area contributed by atoms with Crippen molar-refractivity contribution in [2.75, 3.05) is 25.5 Å². The number of likely N-dealkylation sites (tertiary alicyclic amines) is 1. The maximum atomic E-state index is 12.7. The predicted molar refractivity (Wildman–Crippen MR) is 127 cm³/mol. The molecule has 2 aromatic carbocycles. The summed E-state index contributed by atoms with van der Waals surface area (Å²) in [6, 6.07) is 15.9. The smallest absolute Gasteiger partial charge is 0.246 e. The van der Waals surface area contributed by atoms with Gasteiger partial charge in [-0.1, -0.05) is 29.4 Å². The lowest BCUT2D eigenvalue weighted by Gasteiger charge is -2.16. The van der Waals surface area contributed by atoms with Crippen molar-refractivity contribution in [1.29, 1.82) is 0 Å². The zero-order chi connectivity index (χ0) is 23.2. The Hall–Kier alpha value is -3.74. The molecule has 1 aliphatic rings. The fourth-order valence-electron chi connectivity index (χ4n) is 3.89. The molecule has 1 fully saturated rings. The minimum atomic E-state index is 0.00469. The molecule has 1 aromatic heterocycles. The van der Waals surface area contributed by atoms with Gasteiger partial charge in [-0.25, -0.2) is 0 Å². The zero-order valence-electron chi connectivity index (χ0n) is 19.2. The van der Waals surface area contributed by atoms with E-state index >= 15 is 0 Å². The van der Waals surface area contributed by atoms with Gasteiger partial charge in [-0.3, -0.25) is 4.79 Å².